The van der Waals surface area contributed by atoms with Gasteiger partial charge in [-0.3, -0.25) is 4.79 Å². The standard InChI is InChI=1S/C12H22N2O2S/c1-5-11(3,9(13)17)10(15)14-12(4)6-7-16-8(12)2/h8H,5-7H2,1-4H3,(H2,13,17)(H,14,15). The lowest BCUT2D eigenvalue weighted by molar-refractivity contribution is -0.129. The summed E-state index contributed by atoms with van der Waals surface area (Å²) in [5.74, 6) is -0.104. The average molecular weight is 258 g/mol. The Morgan fingerprint density at radius 3 is 2.65 bits per heavy atom. The molecular formula is C12H22N2O2S. The molecule has 0 saturated carbocycles. The van der Waals surface area contributed by atoms with E-state index in [4.69, 9.17) is 22.7 Å². The van der Waals surface area contributed by atoms with Gasteiger partial charge in [-0.2, -0.15) is 0 Å². The first-order chi connectivity index (χ1) is 7.76. The van der Waals surface area contributed by atoms with E-state index in [-0.39, 0.29) is 22.5 Å². The van der Waals surface area contributed by atoms with Crippen LogP contribution in [-0.4, -0.2) is 29.1 Å². The Labute approximate surface area is 108 Å². The third kappa shape index (κ3) is 2.60. The molecular weight excluding hydrogens is 236 g/mol. The zero-order valence-corrected chi connectivity index (χ0v) is 11.8. The van der Waals surface area contributed by atoms with E-state index in [0.717, 1.165) is 6.42 Å². The second-order valence-electron chi connectivity index (χ2n) is 5.18. The van der Waals surface area contributed by atoms with Crippen LogP contribution in [0.3, 0.4) is 0 Å². The van der Waals surface area contributed by atoms with Crippen molar-refractivity contribution in [2.45, 2.75) is 52.2 Å². The number of rotatable bonds is 4. The molecule has 1 heterocycles. The highest BCUT2D eigenvalue weighted by atomic mass is 32.1. The molecule has 1 rings (SSSR count). The van der Waals surface area contributed by atoms with E-state index >= 15 is 0 Å². The quantitative estimate of drug-likeness (QED) is 0.748. The number of nitrogens with two attached hydrogens (primary N) is 1. The van der Waals surface area contributed by atoms with Crippen molar-refractivity contribution < 1.29 is 9.53 Å². The number of hydrogen-bond donors (Lipinski definition) is 2. The van der Waals surface area contributed by atoms with E-state index in [2.05, 4.69) is 5.32 Å². The maximum absolute atomic E-state index is 12.3. The van der Waals surface area contributed by atoms with Crippen LogP contribution in [0.1, 0.15) is 40.5 Å². The molecule has 0 aliphatic carbocycles. The van der Waals surface area contributed by atoms with Crippen molar-refractivity contribution >= 4 is 23.1 Å². The number of carbonyl (C=O) groups excluding carboxylic acids is 1. The number of nitrogens with one attached hydrogen (secondary N) is 1. The van der Waals surface area contributed by atoms with Gasteiger partial charge >= 0.3 is 0 Å². The molecule has 0 radical (unpaired) electrons. The predicted molar refractivity (Wildman–Crippen MR) is 71.8 cm³/mol. The highest BCUT2D eigenvalue weighted by molar-refractivity contribution is 7.80. The second-order valence-corrected chi connectivity index (χ2v) is 5.62. The number of carbonyl (C=O) groups is 1. The Morgan fingerprint density at radius 2 is 2.29 bits per heavy atom. The van der Waals surface area contributed by atoms with E-state index in [1.54, 1.807) is 6.92 Å². The summed E-state index contributed by atoms with van der Waals surface area (Å²) in [5.41, 5.74) is 4.58. The van der Waals surface area contributed by atoms with Crippen molar-refractivity contribution in [1.29, 1.82) is 0 Å². The third-order valence-corrected chi connectivity index (χ3v) is 4.49. The second kappa shape index (κ2) is 4.90. The van der Waals surface area contributed by atoms with Gasteiger partial charge < -0.3 is 15.8 Å². The molecule has 4 nitrogen and oxygen atoms in total. The van der Waals surface area contributed by atoms with Gasteiger partial charge in [-0.25, -0.2) is 0 Å². The van der Waals surface area contributed by atoms with Gasteiger partial charge in [0.15, 0.2) is 0 Å². The maximum atomic E-state index is 12.3. The molecule has 3 N–H and O–H groups in total. The molecule has 3 unspecified atom stereocenters. The van der Waals surface area contributed by atoms with Crippen LogP contribution in [0.15, 0.2) is 0 Å². The Balaban J connectivity index is 2.81. The van der Waals surface area contributed by atoms with Gasteiger partial charge in [-0.1, -0.05) is 19.1 Å². The lowest BCUT2D eigenvalue weighted by Gasteiger charge is -2.34. The summed E-state index contributed by atoms with van der Waals surface area (Å²) >= 11 is 5.00. The van der Waals surface area contributed by atoms with Crippen molar-refractivity contribution in [3.63, 3.8) is 0 Å². The zero-order valence-electron chi connectivity index (χ0n) is 11.0. The Kier molecular flexibility index (Phi) is 4.15. The topological polar surface area (TPSA) is 64.3 Å². The molecule has 0 spiro atoms. The number of thiocarbonyl (C=S) groups is 1. The fourth-order valence-electron chi connectivity index (χ4n) is 1.84. The lowest BCUT2D eigenvalue weighted by Crippen LogP contribution is -2.57. The predicted octanol–water partition coefficient (Wildman–Crippen LogP) is 1.37. The van der Waals surface area contributed by atoms with Gasteiger partial charge in [-0.05, 0) is 33.6 Å². The Morgan fingerprint density at radius 1 is 1.71 bits per heavy atom. The van der Waals surface area contributed by atoms with Gasteiger partial charge in [0.05, 0.1) is 22.0 Å². The van der Waals surface area contributed by atoms with E-state index in [1.165, 1.54) is 0 Å². The van der Waals surface area contributed by atoms with Crippen molar-refractivity contribution in [1.82, 2.24) is 5.32 Å². The highest BCUT2D eigenvalue weighted by Crippen LogP contribution is 2.28. The lowest BCUT2D eigenvalue weighted by atomic mass is 9.84. The van der Waals surface area contributed by atoms with Crippen LogP contribution in [0, 0.1) is 5.41 Å². The van der Waals surface area contributed by atoms with Crippen LogP contribution in [0.2, 0.25) is 0 Å². The largest absolute Gasteiger partial charge is 0.392 e. The molecule has 1 fully saturated rings. The van der Waals surface area contributed by atoms with Gasteiger partial charge in [0.2, 0.25) is 5.91 Å². The summed E-state index contributed by atoms with van der Waals surface area (Å²) in [6.45, 7) is 8.34. The smallest absolute Gasteiger partial charge is 0.233 e. The molecule has 0 aromatic heterocycles. The number of hydrogen-bond acceptors (Lipinski definition) is 3. The first-order valence-corrected chi connectivity index (χ1v) is 6.41. The molecule has 98 valence electrons. The van der Waals surface area contributed by atoms with Crippen LogP contribution in [0.5, 0.6) is 0 Å². The van der Waals surface area contributed by atoms with Gasteiger partial charge in [-0.15, -0.1) is 0 Å². The molecule has 1 aliphatic heterocycles. The molecule has 0 bridgehead atoms. The SMILES string of the molecule is CCC(C)(C(=O)NC1(C)CCOC1C)C(N)=S. The summed E-state index contributed by atoms with van der Waals surface area (Å²) in [5, 5.41) is 3.05. The van der Waals surface area contributed by atoms with Crippen LogP contribution >= 0.6 is 12.2 Å². The van der Waals surface area contributed by atoms with E-state index < -0.39 is 5.41 Å². The van der Waals surface area contributed by atoms with Gasteiger partial charge in [0.25, 0.3) is 0 Å². The van der Waals surface area contributed by atoms with Crippen LogP contribution in [0.4, 0.5) is 0 Å². The highest BCUT2D eigenvalue weighted by Gasteiger charge is 2.43. The van der Waals surface area contributed by atoms with E-state index in [0.29, 0.717) is 13.0 Å². The zero-order chi connectivity index (χ0) is 13.3. The Hall–Kier alpha value is -0.680. The minimum absolute atomic E-state index is 0.0129. The van der Waals surface area contributed by atoms with Crippen molar-refractivity contribution in [3.05, 3.63) is 0 Å². The summed E-state index contributed by atoms with van der Waals surface area (Å²) in [6, 6.07) is 0. The van der Waals surface area contributed by atoms with Crippen molar-refractivity contribution in [3.8, 4) is 0 Å². The fourth-order valence-corrected chi connectivity index (χ4v) is 2.08. The Bertz CT molecular complexity index is 334. The van der Waals surface area contributed by atoms with E-state index in [9.17, 15) is 4.79 Å². The summed E-state index contributed by atoms with van der Waals surface area (Å²) in [7, 11) is 0. The molecule has 1 aliphatic rings. The first-order valence-electron chi connectivity index (χ1n) is 6.00. The summed E-state index contributed by atoms with van der Waals surface area (Å²) in [6.07, 6.45) is 1.43. The molecule has 1 amide bonds. The minimum atomic E-state index is -0.777. The molecule has 0 aromatic rings. The van der Waals surface area contributed by atoms with Crippen molar-refractivity contribution in [2.75, 3.05) is 6.61 Å². The summed E-state index contributed by atoms with van der Waals surface area (Å²) in [4.78, 5) is 12.6. The van der Waals surface area contributed by atoms with Gasteiger partial charge in [0, 0.05) is 6.61 Å². The normalized spacial score (nSPS) is 31.9. The van der Waals surface area contributed by atoms with Crippen LogP contribution < -0.4 is 11.1 Å². The molecule has 1 saturated heterocycles. The van der Waals surface area contributed by atoms with Crippen molar-refractivity contribution in [2.24, 2.45) is 11.1 Å². The molecule has 3 atom stereocenters. The van der Waals surface area contributed by atoms with Crippen LogP contribution in [0.25, 0.3) is 0 Å². The monoisotopic (exact) mass is 258 g/mol. The van der Waals surface area contributed by atoms with Crippen LogP contribution in [-0.2, 0) is 9.53 Å². The molecule has 0 aromatic carbocycles. The minimum Gasteiger partial charge on any atom is -0.392 e. The van der Waals surface area contributed by atoms with E-state index in [1.807, 2.05) is 20.8 Å². The average Bonchev–Trinajstić information content (AvgIpc) is 2.57. The molecule has 5 heteroatoms. The van der Waals surface area contributed by atoms with Gasteiger partial charge in [0.1, 0.15) is 0 Å². The fraction of sp³-hybridized carbons (Fsp3) is 0.833. The third-order valence-electron chi connectivity index (χ3n) is 4.04. The molecule has 17 heavy (non-hydrogen) atoms. The number of amides is 1. The first kappa shape index (κ1) is 14.4. The summed E-state index contributed by atoms with van der Waals surface area (Å²) < 4.78 is 5.50. The maximum Gasteiger partial charge on any atom is 0.233 e. The number of ether oxygens (including phenoxy) is 1.